The van der Waals surface area contributed by atoms with Gasteiger partial charge in [-0.2, -0.15) is 0 Å². The predicted octanol–water partition coefficient (Wildman–Crippen LogP) is -2.04. The van der Waals surface area contributed by atoms with E-state index in [4.69, 9.17) is 0 Å². The first-order chi connectivity index (χ1) is 3.66. The molecule has 46 valence electrons. The molecule has 0 amide bonds. The van der Waals surface area contributed by atoms with E-state index < -0.39 is 11.1 Å². The standard InChI is InChI=1S/C5H8O2S.K/c1-3-5(2)4-8(6)7;/h3-4H,1H2,2H3,(H,6,7);/q;+1/p-1. The van der Waals surface area contributed by atoms with Crippen LogP contribution in [0.1, 0.15) is 6.92 Å². The SMILES string of the molecule is C=CC(C)=CS(=O)[O-].[K+]. The Morgan fingerprint density at radius 2 is 2.22 bits per heavy atom. The fourth-order valence-corrected chi connectivity index (χ4v) is 0.600. The second-order valence-corrected chi connectivity index (χ2v) is 2.08. The molecular weight excluding hydrogens is 163 g/mol. The smallest absolute Gasteiger partial charge is 0.769 e. The van der Waals surface area contributed by atoms with E-state index in [1.807, 2.05) is 0 Å². The molecule has 0 bridgehead atoms. The molecule has 0 aliphatic rings. The molecule has 0 saturated carbocycles. The minimum absolute atomic E-state index is 0. The summed E-state index contributed by atoms with van der Waals surface area (Å²) in [6.07, 6.45) is 1.48. The summed E-state index contributed by atoms with van der Waals surface area (Å²) in [6, 6.07) is 0. The van der Waals surface area contributed by atoms with Crippen LogP contribution >= 0.6 is 0 Å². The molecule has 1 atom stereocenters. The van der Waals surface area contributed by atoms with Gasteiger partial charge in [0.2, 0.25) is 0 Å². The predicted molar refractivity (Wildman–Crippen MR) is 32.9 cm³/mol. The number of hydrogen-bond acceptors (Lipinski definition) is 2. The Balaban J connectivity index is 0. The molecule has 9 heavy (non-hydrogen) atoms. The van der Waals surface area contributed by atoms with Gasteiger partial charge in [0.25, 0.3) is 0 Å². The van der Waals surface area contributed by atoms with Crippen molar-refractivity contribution in [1.29, 1.82) is 0 Å². The van der Waals surface area contributed by atoms with Gasteiger partial charge in [-0.1, -0.05) is 12.7 Å². The van der Waals surface area contributed by atoms with Crippen molar-refractivity contribution >= 4 is 11.1 Å². The van der Waals surface area contributed by atoms with Crippen molar-refractivity contribution in [3.05, 3.63) is 23.6 Å². The maximum Gasteiger partial charge on any atom is 1.00 e. The Bertz CT molecular complexity index is 142. The Morgan fingerprint density at radius 1 is 1.78 bits per heavy atom. The normalized spacial score (nSPS) is 13.8. The van der Waals surface area contributed by atoms with Crippen molar-refractivity contribution < 1.29 is 60.1 Å². The van der Waals surface area contributed by atoms with Crippen LogP contribution in [0.4, 0.5) is 0 Å². The van der Waals surface area contributed by atoms with Crippen molar-refractivity contribution in [2.75, 3.05) is 0 Å². The summed E-state index contributed by atoms with van der Waals surface area (Å²) in [4.78, 5) is 0. The van der Waals surface area contributed by atoms with Crippen molar-refractivity contribution in [3.8, 4) is 0 Å². The van der Waals surface area contributed by atoms with E-state index in [2.05, 4.69) is 6.58 Å². The van der Waals surface area contributed by atoms with Crippen LogP contribution in [0.5, 0.6) is 0 Å². The molecule has 0 spiro atoms. The zero-order valence-electron chi connectivity index (χ0n) is 5.59. The fourth-order valence-electron chi connectivity index (χ4n) is 0.200. The summed E-state index contributed by atoms with van der Waals surface area (Å²) in [5.41, 5.74) is 0.651. The maximum absolute atomic E-state index is 9.84. The average Bonchev–Trinajstić information content (AvgIpc) is 1.65. The summed E-state index contributed by atoms with van der Waals surface area (Å²) in [5, 5.41) is 1.10. The van der Waals surface area contributed by atoms with E-state index in [-0.39, 0.29) is 51.4 Å². The summed E-state index contributed by atoms with van der Waals surface area (Å²) in [5.74, 6) is 0. The zero-order chi connectivity index (χ0) is 6.57. The molecule has 1 unspecified atom stereocenters. The van der Waals surface area contributed by atoms with E-state index in [1.54, 1.807) is 6.92 Å². The first-order valence-corrected chi connectivity index (χ1v) is 3.19. The van der Waals surface area contributed by atoms with Crippen molar-refractivity contribution in [2.45, 2.75) is 6.92 Å². The van der Waals surface area contributed by atoms with Gasteiger partial charge in [-0.3, -0.25) is 4.21 Å². The van der Waals surface area contributed by atoms with Gasteiger partial charge in [-0.05, 0) is 29.0 Å². The van der Waals surface area contributed by atoms with Gasteiger partial charge in [-0.25, -0.2) is 0 Å². The number of allylic oxidation sites excluding steroid dienone is 2. The molecule has 0 saturated heterocycles. The second kappa shape index (κ2) is 7.33. The van der Waals surface area contributed by atoms with E-state index >= 15 is 0 Å². The summed E-state index contributed by atoms with van der Waals surface area (Å²) in [6.45, 7) is 5.04. The van der Waals surface area contributed by atoms with Crippen LogP contribution in [0, 0.1) is 0 Å². The Labute approximate surface area is 100 Å². The Hall–Kier alpha value is 1.23. The van der Waals surface area contributed by atoms with Crippen LogP contribution in [0.15, 0.2) is 23.6 Å². The van der Waals surface area contributed by atoms with Crippen molar-refractivity contribution in [2.24, 2.45) is 0 Å². The summed E-state index contributed by atoms with van der Waals surface area (Å²) >= 11 is -2.08. The average molecular weight is 170 g/mol. The molecule has 0 heterocycles. The maximum atomic E-state index is 9.84. The third kappa shape index (κ3) is 9.23. The molecule has 0 fully saturated rings. The fraction of sp³-hybridized carbons (Fsp3) is 0.200. The molecule has 0 aromatic carbocycles. The Kier molecular flexibility index (Phi) is 10.5. The van der Waals surface area contributed by atoms with E-state index in [1.165, 1.54) is 6.08 Å². The third-order valence-electron chi connectivity index (χ3n) is 0.604. The molecule has 0 aromatic rings. The van der Waals surface area contributed by atoms with Crippen LogP contribution in [-0.2, 0) is 11.1 Å². The largest absolute Gasteiger partial charge is 1.00 e. The monoisotopic (exact) mass is 170 g/mol. The van der Waals surface area contributed by atoms with Gasteiger partial charge in [0.15, 0.2) is 0 Å². The van der Waals surface area contributed by atoms with Gasteiger partial charge < -0.3 is 4.55 Å². The van der Waals surface area contributed by atoms with Crippen LogP contribution < -0.4 is 51.4 Å². The number of hydrogen-bond donors (Lipinski definition) is 0. The van der Waals surface area contributed by atoms with E-state index in [0.717, 1.165) is 5.41 Å². The molecule has 0 aliphatic heterocycles. The van der Waals surface area contributed by atoms with Crippen molar-refractivity contribution in [3.63, 3.8) is 0 Å². The molecule has 0 aliphatic carbocycles. The molecule has 0 radical (unpaired) electrons. The topological polar surface area (TPSA) is 40.1 Å². The minimum Gasteiger partial charge on any atom is -0.769 e. The van der Waals surface area contributed by atoms with Gasteiger partial charge in [-0.15, -0.1) is 0 Å². The van der Waals surface area contributed by atoms with Crippen LogP contribution in [0.25, 0.3) is 0 Å². The third-order valence-corrected chi connectivity index (χ3v) is 1.17. The van der Waals surface area contributed by atoms with Crippen LogP contribution in [-0.4, -0.2) is 8.76 Å². The number of rotatable bonds is 2. The van der Waals surface area contributed by atoms with Gasteiger partial charge in [0, 0.05) is 0 Å². The molecule has 4 heteroatoms. The molecule has 0 N–H and O–H groups in total. The quantitative estimate of drug-likeness (QED) is 0.272. The van der Waals surface area contributed by atoms with Gasteiger partial charge in [0.05, 0.1) is 0 Å². The summed E-state index contributed by atoms with van der Waals surface area (Å²) < 4.78 is 19.7. The van der Waals surface area contributed by atoms with Crippen LogP contribution in [0.3, 0.4) is 0 Å². The van der Waals surface area contributed by atoms with E-state index in [9.17, 15) is 8.76 Å². The van der Waals surface area contributed by atoms with Gasteiger partial charge in [0.1, 0.15) is 0 Å². The molecule has 0 rings (SSSR count). The minimum atomic E-state index is -2.08. The molecular formula is C5H7KO2S. The Morgan fingerprint density at radius 3 is 2.33 bits per heavy atom. The first-order valence-electron chi connectivity index (χ1n) is 2.05. The first kappa shape index (κ1) is 12.9. The van der Waals surface area contributed by atoms with Crippen LogP contribution in [0.2, 0.25) is 0 Å². The molecule has 2 nitrogen and oxygen atoms in total. The zero-order valence-corrected chi connectivity index (χ0v) is 9.53. The van der Waals surface area contributed by atoms with Crippen molar-refractivity contribution in [1.82, 2.24) is 0 Å². The summed E-state index contributed by atoms with van der Waals surface area (Å²) in [7, 11) is 0. The second-order valence-electron chi connectivity index (χ2n) is 1.33. The van der Waals surface area contributed by atoms with Gasteiger partial charge >= 0.3 is 51.4 Å². The van der Waals surface area contributed by atoms with E-state index in [0.29, 0.717) is 5.57 Å². The molecule has 0 aromatic heterocycles.